The van der Waals surface area contributed by atoms with Gasteiger partial charge in [0.1, 0.15) is 0 Å². The number of fused-ring (bicyclic) bond motifs is 1. The molecule has 1 amide bonds. The van der Waals surface area contributed by atoms with Crippen LogP contribution in [0.25, 0.3) is 0 Å². The lowest BCUT2D eigenvalue weighted by Crippen LogP contribution is -2.34. The number of nitrogens with zero attached hydrogens (tertiary/aromatic N) is 1. The number of carbonyl (C=O) groups is 1. The van der Waals surface area contributed by atoms with Gasteiger partial charge in [-0.05, 0) is 35.6 Å². The van der Waals surface area contributed by atoms with Gasteiger partial charge in [-0.2, -0.15) is 0 Å². The number of carbonyl (C=O) groups excluding carboxylic acids is 1. The molecule has 0 saturated heterocycles. The van der Waals surface area contributed by atoms with E-state index in [0.29, 0.717) is 13.0 Å². The molecule has 0 radical (unpaired) electrons. The van der Waals surface area contributed by atoms with E-state index in [1.54, 1.807) is 0 Å². The smallest absolute Gasteiger partial charge is 0.221 e. The van der Waals surface area contributed by atoms with E-state index >= 15 is 0 Å². The molecule has 3 rings (SSSR count). The van der Waals surface area contributed by atoms with Crippen LogP contribution in [-0.4, -0.2) is 23.9 Å². The summed E-state index contributed by atoms with van der Waals surface area (Å²) in [5.74, 6) is 0.132. The predicted molar refractivity (Wildman–Crippen MR) is 93.1 cm³/mol. The summed E-state index contributed by atoms with van der Waals surface area (Å²) in [5.41, 5.74) is 5.26. The second-order valence-corrected chi connectivity index (χ2v) is 6.25. The first-order chi connectivity index (χ1) is 11.2. The Morgan fingerprint density at radius 2 is 1.83 bits per heavy atom. The number of amides is 1. The minimum atomic E-state index is 0.132. The third-order valence-corrected chi connectivity index (χ3v) is 4.60. The zero-order chi connectivity index (χ0) is 16.1. The Hall–Kier alpha value is -2.13. The third kappa shape index (κ3) is 4.20. The summed E-state index contributed by atoms with van der Waals surface area (Å²) in [6.45, 7) is 5.53. The maximum atomic E-state index is 12.1. The maximum absolute atomic E-state index is 12.1. The summed E-state index contributed by atoms with van der Waals surface area (Å²) >= 11 is 0. The van der Waals surface area contributed by atoms with Gasteiger partial charge >= 0.3 is 0 Å². The van der Waals surface area contributed by atoms with E-state index in [2.05, 4.69) is 53.5 Å². The van der Waals surface area contributed by atoms with Crippen molar-refractivity contribution in [3.05, 3.63) is 70.8 Å². The van der Waals surface area contributed by atoms with Crippen molar-refractivity contribution in [1.82, 2.24) is 10.2 Å². The molecule has 23 heavy (non-hydrogen) atoms. The fourth-order valence-corrected chi connectivity index (χ4v) is 3.10. The van der Waals surface area contributed by atoms with Crippen molar-refractivity contribution in [2.24, 2.45) is 0 Å². The number of nitrogens with one attached hydrogen (secondary N) is 1. The van der Waals surface area contributed by atoms with Gasteiger partial charge in [-0.3, -0.25) is 9.69 Å². The minimum absolute atomic E-state index is 0.132. The zero-order valence-electron chi connectivity index (χ0n) is 13.7. The Labute approximate surface area is 138 Å². The lowest BCUT2D eigenvalue weighted by Gasteiger charge is -2.28. The van der Waals surface area contributed by atoms with Gasteiger partial charge in [0.2, 0.25) is 5.91 Å². The highest BCUT2D eigenvalue weighted by Crippen LogP contribution is 2.18. The van der Waals surface area contributed by atoms with E-state index in [0.717, 1.165) is 26.1 Å². The fraction of sp³-hybridized carbons (Fsp3) is 0.350. The first-order valence-corrected chi connectivity index (χ1v) is 8.33. The molecule has 2 aromatic rings. The van der Waals surface area contributed by atoms with Crippen LogP contribution in [0.15, 0.2) is 48.5 Å². The van der Waals surface area contributed by atoms with Crippen molar-refractivity contribution in [2.75, 3.05) is 13.1 Å². The number of hydrogen-bond donors (Lipinski definition) is 1. The minimum Gasteiger partial charge on any atom is -0.352 e. The van der Waals surface area contributed by atoms with Gasteiger partial charge < -0.3 is 5.32 Å². The quantitative estimate of drug-likeness (QED) is 0.921. The standard InChI is InChI=1S/C20H24N2O/c1-16-6-2-3-8-18(16)14-21-20(23)11-13-22-12-10-17-7-4-5-9-19(17)15-22/h2-9H,10-15H2,1H3,(H,21,23). The number of rotatable bonds is 5. The Kier molecular flexibility index (Phi) is 5.09. The normalized spacial score (nSPS) is 14.3. The van der Waals surface area contributed by atoms with Crippen molar-refractivity contribution in [2.45, 2.75) is 32.9 Å². The highest BCUT2D eigenvalue weighted by molar-refractivity contribution is 5.76. The van der Waals surface area contributed by atoms with Gasteiger partial charge in [0.25, 0.3) is 0 Å². The summed E-state index contributed by atoms with van der Waals surface area (Å²) in [7, 11) is 0. The van der Waals surface area contributed by atoms with Crippen LogP contribution in [0.1, 0.15) is 28.7 Å². The first-order valence-electron chi connectivity index (χ1n) is 8.33. The van der Waals surface area contributed by atoms with Crippen LogP contribution >= 0.6 is 0 Å². The van der Waals surface area contributed by atoms with Crippen LogP contribution in [0, 0.1) is 6.92 Å². The Morgan fingerprint density at radius 3 is 2.65 bits per heavy atom. The molecule has 1 aliphatic heterocycles. The van der Waals surface area contributed by atoms with E-state index in [9.17, 15) is 4.79 Å². The highest BCUT2D eigenvalue weighted by atomic mass is 16.1. The SMILES string of the molecule is Cc1ccccc1CNC(=O)CCN1CCc2ccccc2C1. The van der Waals surface area contributed by atoms with Gasteiger partial charge in [-0.15, -0.1) is 0 Å². The largest absolute Gasteiger partial charge is 0.352 e. The molecule has 0 unspecified atom stereocenters. The Bertz CT molecular complexity index is 681. The monoisotopic (exact) mass is 308 g/mol. The molecule has 3 nitrogen and oxygen atoms in total. The van der Waals surface area contributed by atoms with Gasteiger partial charge in [-0.1, -0.05) is 48.5 Å². The fourth-order valence-electron chi connectivity index (χ4n) is 3.10. The van der Waals surface area contributed by atoms with Crippen LogP contribution in [0.3, 0.4) is 0 Å². The average Bonchev–Trinajstić information content (AvgIpc) is 2.59. The molecule has 0 aromatic heterocycles. The van der Waals surface area contributed by atoms with Crippen molar-refractivity contribution in [1.29, 1.82) is 0 Å². The van der Waals surface area contributed by atoms with Gasteiger partial charge in [0, 0.05) is 32.6 Å². The van der Waals surface area contributed by atoms with Gasteiger partial charge in [0.05, 0.1) is 0 Å². The van der Waals surface area contributed by atoms with Gasteiger partial charge in [-0.25, -0.2) is 0 Å². The highest BCUT2D eigenvalue weighted by Gasteiger charge is 2.16. The molecule has 1 aliphatic rings. The second-order valence-electron chi connectivity index (χ2n) is 6.25. The summed E-state index contributed by atoms with van der Waals surface area (Å²) in [6.07, 6.45) is 1.65. The number of aryl methyl sites for hydroxylation is 1. The molecular weight excluding hydrogens is 284 g/mol. The zero-order valence-corrected chi connectivity index (χ0v) is 13.7. The third-order valence-electron chi connectivity index (χ3n) is 4.60. The van der Waals surface area contributed by atoms with E-state index in [1.807, 2.05) is 12.1 Å². The lowest BCUT2D eigenvalue weighted by atomic mass is 10.00. The molecule has 1 heterocycles. The first kappa shape index (κ1) is 15.8. The molecule has 0 aliphatic carbocycles. The lowest BCUT2D eigenvalue weighted by molar-refractivity contribution is -0.121. The summed E-state index contributed by atoms with van der Waals surface area (Å²) in [4.78, 5) is 14.4. The van der Waals surface area contributed by atoms with E-state index in [4.69, 9.17) is 0 Å². The molecule has 0 bridgehead atoms. The van der Waals surface area contributed by atoms with Crippen LogP contribution in [-0.2, 0) is 24.3 Å². The molecule has 1 N–H and O–H groups in total. The second kappa shape index (κ2) is 7.42. The Balaban J connectivity index is 1.44. The number of hydrogen-bond acceptors (Lipinski definition) is 2. The molecule has 0 fully saturated rings. The molecule has 3 heteroatoms. The van der Waals surface area contributed by atoms with Crippen LogP contribution in [0.2, 0.25) is 0 Å². The van der Waals surface area contributed by atoms with Gasteiger partial charge in [0.15, 0.2) is 0 Å². The van der Waals surface area contributed by atoms with E-state index in [-0.39, 0.29) is 5.91 Å². The van der Waals surface area contributed by atoms with Crippen LogP contribution in [0.4, 0.5) is 0 Å². The average molecular weight is 308 g/mol. The van der Waals surface area contributed by atoms with Crippen molar-refractivity contribution >= 4 is 5.91 Å². The van der Waals surface area contributed by atoms with Crippen LogP contribution in [0.5, 0.6) is 0 Å². The van der Waals surface area contributed by atoms with Crippen molar-refractivity contribution in [3.8, 4) is 0 Å². The predicted octanol–water partition coefficient (Wildman–Crippen LogP) is 3.06. The van der Waals surface area contributed by atoms with E-state index in [1.165, 1.54) is 22.3 Å². The molecule has 2 aromatic carbocycles. The molecule has 120 valence electrons. The van der Waals surface area contributed by atoms with Crippen molar-refractivity contribution in [3.63, 3.8) is 0 Å². The topological polar surface area (TPSA) is 32.3 Å². The summed E-state index contributed by atoms with van der Waals surface area (Å²) < 4.78 is 0. The molecule has 0 atom stereocenters. The van der Waals surface area contributed by atoms with E-state index < -0.39 is 0 Å². The summed E-state index contributed by atoms with van der Waals surface area (Å²) in [6, 6.07) is 16.8. The van der Waals surface area contributed by atoms with Crippen LogP contribution < -0.4 is 5.32 Å². The molecular formula is C20H24N2O. The molecule has 0 saturated carbocycles. The van der Waals surface area contributed by atoms with Crippen molar-refractivity contribution < 1.29 is 4.79 Å². The number of benzene rings is 2. The molecule has 0 spiro atoms. The maximum Gasteiger partial charge on any atom is 0.221 e. The summed E-state index contributed by atoms with van der Waals surface area (Å²) in [5, 5.41) is 3.03. The Morgan fingerprint density at radius 1 is 1.09 bits per heavy atom.